The number of hydrogen-bond acceptors (Lipinski definition) is 2. The maximum absolute atomic E-state index is 13.4. The van der Waals surface area contributed by atoms with Crippen LogP contribution in [0.3, 0.4) is 0 Å². The van der Waals surface area contributed by atoms with Gasteiger partial charge in [-0.05, 0) is 18.9 Å². The van der Waals surface area contributed by atoms with Gasteiger partial charge in [-0.1, -0.05) is 37.5 Å². The lowest BCUT2D eigenvalue weighted by molar-refractivity contribution is -0.129. The van der Waals surface area contributed by atoms with Crippen molar-refractivity contribution in [2.75, 3.05) is 0 Å². The van der Waals surface area contributed by atoms with Crippen LogP contribution in [0.5, 0.6) is 0 Å². The summed E-state index contributed by atoms with van der Waals surface area (Å²) >= 11 is 0. The summed E-state index contributed by atoms with van der Waals surface area (Å²) in [5, 5.41) is 12.0. The number of carbonyl (C=O) groups is 1. The Labute approximate surface area is 112 Å². The smallest absolute Gasteiger partial charge is 0.240 e. The molecule has 0 radical (unpaired) electrons. The number of nitrogens with zero attached hydrogens (tertiary/aromatic N) is 1. The summed E-state index contributed by atoms with van der Waals surface area (Å²) in [6.07, 6.45) is 4.09. The van der Waals surface area contributed by atoms with Crippen LogP contribution in [0, 0.1) is 22.6 Å². The molecule has 0 spiro atoms. The molecule has 2 rings (SSSR count). The van der Waals surface area contributed by atoms with E-state index in [1.54, 1.807) is 18.2 Å². The van der Waals surface area contributed by atoms with E-state index in [4.69, 9.17) is 0 Å². The molecule has 3 nitrogen and oxygen atoms in total. The van der Waals surface area contributed by atoms with Gasteiger partial charge in [0, 0.05) is 12.1 Å². The molecule has 100 valence electrons. The Balaban J connectivity index is 2.01. The zero-order valence-corrected chi connectivity index (χ0v) is 10.8. The first kappa shape index (κ1) is 13.5. The number of rotatable bonds is 3. The molecular formula is C15H17FN2O. The number of nitriles is 1. The molecule has 0 aromatic heterocycles. The molecule has 1 aromatic carbocycles. The fraction of sp³-hybridized carbons (Fsp3) is 0.467. The van der Waals surface area contributed by atoms with Crippen molar-refractivity contribution >= 4 is 5.91 Å². The van der Waals surface area contributed by atoms with Crippen LogP contribution in [0.4, 0.5) is 4.39 Å². The largest absolute Gasteiger partial charge is 0.351 e. The molecule has 0 heterocycles. The van der Waals surface area contributed by atoms with Gasteiger partial charge in [0.25, 0.3) is 0 Å². The number of nitrogens with one attached hydrogen (secondary N) is 1. The van der Waals surface area contributed by atoms with Crippen molar-refractivity contribution in [3.8, 4) is 6.07 Å². The standard InChI is InChI=1S/C15H17FN2O/c16-13-7-3-2-6-12(13)10-18-14(19)15(11-17)8-4-1-5-9-15/h2-3,6-7H,1,4-5,8-10H2,(H,18,19). The molecule has 0 unspecified atom stereocenters. The molecule has 19 heavy (non-hydrogen) atoms. The first-order valence-electron chi connectivity index (χ1n) is 6.61. The van der Waals surface area contributed by atoms with Crippen LogP contribution in [-0.4, -0.2) is 5.91 Å². The third kappa shape index (κ3) is 2.93. The minimum Gasteiger partial charge on any atom is -0.351 e. The SMILES string of the molecule is N#CC1(C(=O)NCc2ccccc2F)CCCCC1. The molecule has 0 saturated heterocycles. The average Bonchev–Trinajstić information content (AvgIpc) is 2.46. The van der Waals surface area contributed by atoms with E-state index in [0.29, 0.717) is 18.4 Å². The number of amides is 1. The highest BCUT2D eigenvalue weighted by Gasteiger charge is 2.39. The summed E-state index contributed by atoms with van der Waals surface area (Å²) in [6, 6.07) is 8.50. The highest BCUT2D eigenvalue weighted by molar-refractivity contribution is 5.85. The highest BCUT2D eigenvalue weighted by atomic mass is 19.1. The first-order valence-corrected chi connectivity index (χ1v) is 6.61. The van der Waals surface area contributed by atoms with Gasteiger partial charge in [-0.25, -0.2) is 4.39 Å². The fourth-order valence-corrected chi connectivity index (χ4v) is 2.53. The fourth-order valence-electron chi connectivity index (χ4n) is 2.53. The maximum Gasteiger partial charge on any atom is 0.240 e. The van der Waals surface area contributed by atoms with Crippen molar-refractivity contribution in [1.82, 2.24) is 5.32 Å². The van der Waals surface area contributed by atoms with E-state index < -0.39 is 5.41 Å². The summed E-state index contributed by atoms with van der Waals surface area (Å²) in [5.41, 5.74) is -0.469. The van der Waals surface area contributed by atoms with Crippen molar-refractivity contribution in [2.45, 2.75) is 38.6 Å². The van der Waals surface area contributed by atoms with Crippen LogP contribution in [0.1, 0.15) is 37.7 Å². The van der Waals surface area contributed by atoms with E-state index in [1.807, 2.05) is 0 Å². The normalized spacial score (nSPS) is 17.5. The second kappa shape index (κ2) is 5.83. The Bertz CT molecular complexity index is 501. The molecule has 1 amide bonds. The quantitative estimate of drug-likeness (QED) is 0.908. The third-order valence-electron chi connectivity index (χ3n) is 3.75. The molecule has 1 aliphatic rings. The molecule has 1 aliphatic carbocycles. The monoisotopic (exact) mass is 260 g/mol. The Hall–Kier alpha value is -1.89. The first-order chi connectivity index (χ1) is 9.18. The van der Waals surface area contributed by atoms with Crippen LogP contribution < -0.4 is 5.32 Å². The molecule has 1 N–H and O–H groups in total. The Kier molecular flexibility index (Phi) is 4.16. The predicted octanol–water partition coefficient (Wildman–Crippen LogP) is 2.92. The van der Waals surface area contributed by atoms with Crippen molar-refractivity contribution in [1.29, 1.82) is 5.26 Å². The second-order valence-electron chi connectivity index (χ2n) is 5.03. The molecule has 1 aromatic rings. The number of halogens is 1. The molecule has 1 fully saturated rings. The van der Waals surface area contributed by atoms with E-state index in [1.165, 1.54) is 6.07 Å². The highest BCUT2D eigenvalue weighted by Crippen LogP contribution is 2.35. The molecule has 4 heteroatoms. The second-order valence-corrected chi connectivity index (χ2v) is 5.03. The third-order valence-corrected chi connectivity index (χ3v) is 3.75. The summed E-state index contributed by atoms with van der Waals surface area (Å²) in [7, 11) is 0. The van der Waals surface area contributed by atoms with Gasteiger partial charge in [0.1, 0.15) is 11.2 Å². The summed E-state index contributed by atoms with van der Waals surface area (Å²) < 4.78 is 13.4. The molecule has 0 atom stereocenters. The molecule has 0 aliphatic heterocycles. The van der Waals surface area contributed by atoms with Crippen LogP contribution in [-0.2, 0) is 11.3 Å². The number of hydrogen-bond donors (Lipinski definition) is 1. The van der Waals surface area contributed by atoms with Crippen molar-refractivity contribution in [3.05, 3.63) is 35.6 Å². The van der Waals surface area contributed by atoms with E-state index in [2.05, 4.69) is 11.4 Å². The van der Waals surface area contributed by atoms with E-state index >= 15 is 0 Å². The average molecular weight is 260 g/mol. The van der Waals surface area contributed by atoms with Gasteiger partial charge in [0.2, 0.25) is 5.91 Å². The van der Waals surface area contributed by atoms with Crippen LogP contribution in [0.2, 0.25) is 0 Å². The summed E-state index contributed by atoms with van der Waals surface area (Å²) in [6.45, 7) is 0.134. The Morgan fingerprint density at radius 2 is 2.00 bits per heavy atom. The summed E-state index contributed by atoms with van der Waals surface area (Å²) in [4.78, 5) is 12.2. The lowest BCUT2D eigenvalue weighted by Crippen LogP contribution is -2.41. The van der Waals surface area contributed by atoms with Gasteiger partial charge in [-0.3, -0.25) is 4.79 Å². The minimum absolute atomic E-state index is 0.134. The van der Waals surface area contributed by atoms with Crippen molar-refractivity contribution in [2.24, 2.45) is 5.41 Å². The molecule has 0 bridgehead atoms. The summed E-state index contributed by atoms with van der Waals surface area (Å²) in [5.74, 6) is -0.601. The zero-order valence-electron chi connectivity index (χ0n) is 10.8. The van der Waals surface area contributed by atoms with Crippen molar-refractivity contribution < 1.29 is 9.18 Å². The van der Waals surface area contributed by atoms with Crippen molar-refractivity contribution in [3.63, 3.8) is 0 Å². The van der Waals surface area contributed by atoms with E-state index in [0.717, 1.165) is 19.3 Å². The lowest BCUT2D eigenvalue weighted by atomic mass is 9.74. The van der Waals surface area contributed by atoms with Gasteiger partial charge < -0.3 is 5.32 Å². The van der Waals surface area contributed by atoms with E-state index in [9.17, 15) is 14.4 Å². The molecule has 1 saturated carbocycles. The maximum atomic E-state index is 13.4. The Morgan fingerprint density at radius 1 is 1.32 bits per heavy atom. The topological polar surface area (TPSA) is 52.9 Å². The zero-order chi connectivity index (χ0) is 13.7. The van der Waals surface area contributed by atoms with Crippen LogP contribution >= 0.6 is 0 Å². The van der Waals surface area contributed by atoms with Crippen LogP contribution in [0.15, 0.2) is 24.3 Å². The number of benzene rings is 1. The lowest BCUT2D eigenvalue weighted by Gasteiger charge is -2.29. The van der Waals surface area contributed by atoms with Gasteiger partial charge >= 0.3 is 0 Å². The number of carbonyl (C=O) groups excluding carboxylic acids is 1. The van der Waals surface area contributed by atoms with E-state index in [-0.39, 0.29) is 18.3 Å². The van der Waals surface area contributed by atoms with Gasteiger partial charge in [0.05, 0.1) is 6.07 Å². The van der Waals surface area contributed by atoms with Crippen LogP contribution in [0.25, 0.3) is 0 Å². The predicted molar refractivity (Wildman–Crippen MR) is 69.4 cm³/mol. The minimum atomic E-state index is -0.913. The molecular weight excluding hydrogens is 243 g/mol. The van der Waals surface area contributed by atoms with Gasteiger partial charge in [-0.2, -0.15) is 5.26 Å². The van der Waals surface area contributed by atoms with Gasteiger partial charge in [-0.15, -0.1) is 0 Å². The Morgan fingerprint density at radius 3 is 2.63 bits per heavy atom. The van der Waals surface area contributed by atoms with Gasteiger partial charge in [0.15, 0.2) is 0 Å².